The third-order valence-corrected chi connectivity index (χ3v) is 3.82. The van der Waals surface area contributed by atoms with Crippen LogP contribution in [0.1, 0.15) is 25.3 Å². The maximum Gasteiger partial charge on any atom is 0.242 e. The molecule has 0 unspecified atom stereocenters. The summed E-state index contributed by atoms with van der Waals surface area (Å²) in [7, 11) is 3.71. The van der Waals surface area contributed by atoms with E-state index in [1.54, 1.807) is 7.05 Å². The second kappa shape index (κ2) is 11.3. The molecule has 0 aliphatic rings. The Morgan fingerprint density at radius 3 is 2.62 bits per heavy atom. The number of nitrogens with zero attached hydrogens (tertiary/aromatic N) is 3. The first-order valence-electron chi connectivity index (χ1n) is 8.46. The van der Waals surface area contributed by atoms with Gasteiger partial charge in [0.05, 0.1) is 6.54 Å². The number of likely N-dealkylation sites (N-methyl/N-ethyl adjacent to an activating group) is 1. The van der Waals surface area contributed by atoms with Gasteiger partial charge in [0.2, 0.25) is 5.91 Å². The maximum absolute atomic E-state index is 12.5. The molecule has 5 nitrogen and oxygen atoms in total. The number of hydrogen-bond acceptors (Lipinski definition) is 2. The molecular weight excluding hydrogens is 300 g/mol. The molecule has 0 aromatic heterocycles. The number of rotatable bonds is 9. The molecule has 1 aromatic carbocycles. The Hall–Kier alpha value is -2.30. The first-order valence-corrected chi connectivity index (χ1v) is 8.46. The van der Waals surface area contributed by atoms with Crippen molar-refractivity contribution in [3.8, 4) is 0 Å². The van der Waals surface area contributed by atoms with E-state index in [1.165, 1.54) is 0 Å². The van der Waals surface area contributed by atoms with Crippen LogP contribution < -0.4 is 5.32 Å². The zero-order valence-electron chi connectivity index (χ0n) is 15.2. The Kier molecular flexibility index (Phi) is 9.27. The van der Waals surface area contributed by atoms with Gasteiger partial charge in [0.25, 0.3) is 0 Å². The fraction of sp³-hybridized carbons (Fsp3) is 0.474. The first-order chi connectivity index (χ1) is 11.6. The number of aliphatic imine (C=N–C) groups is 1. The van der Waals surface area contributed by atoms with Gasteiger partial charge in [-0.25, -0.2) is 0 Å². The van der Waals surface area contributed by atoms with Gasteiger partial charge in [-0.3, -0.25) is 9.79 Å². The summed E-state index contributed by atoms with van der Waals surface area (Å²) in [5.74, 6) is 0.810. The molecule has 132 valence electrons. The van der Waals surface area contributed by atoms with Crippen LogP contribution in [0.25, 0.3) is 0 Å². The summed E-state index contributed by atoms with van der Waals surface area (Å²) >= 11 is 0. The van der Waals surface area contributed by atoms with Crippen LogP contribution in [0.15, 0.2) is 48.0 Å². The standard InChI is InChI=1S/C19H30N4O/c1-5-7-11-14-22(4)19(20-3)21-15-18(24)23(6-2)16-17-12-9-8-10-13-17/h5,8-10,12-13H,1,6-7,11,14-16H2,2-4H3,(H,20,21). The minimum absolute atomic E-state index is 0.0713. The van der Waals surface area contributed by atoms with Crippen molar-refractivity contribution in [1.82, 2.24) is 15.1 Å². The lowest BCUT2D eigenvalue weighted by molar-refractivity contribution is -0.130. The van der Waals surface area contributed by atoms with Gasteiger partial charge in [-0.1, -0.05) is 36.4 Å². The number of nitrogens with one attached hydrogen (secondary N) is 1. The van der Waals surface area contributed by atoms with Crippen LogP contribution in [-0.2, 0) is 11.3 Å². The lowest BCUT2D eigenvalue weighted by atomic mass is 10.2. The van der Waals surface area contributed by atoms with E-state index in [1.807, 2.05) is 60.2 Å². The molecule has 0 radical (unpaired) electrons. The Morgan fingerprint density at radius 2 is 2.04 bits per heavy atom. The van der Waals surface area contributed by atoms with Gasteiger partial charge in [0.15, 0.2) is 5.96 Å². The Morgan fingerprint density at radius 1 is 1.33 bits per heavy atom. The van der Waals surface area contributed by atoms with E-state index in [-0.39, 0.29) is 12.5 Å². The van der Waals surface area contributed by atoms with Crippen molar-refractivity contribution in [3.63, 3.8) is 0 Å². The minimum Gasteiger partial charge on any atom is -0.347 e. The van der Waals surface area contributed by atoms with Crippen molar-refractivity contribution in [1.29, 1.82) is 0 Å². The molecule has 0 saturated carbocycles. The van der Waals surface area contributed by atoms with Crippen LogP contribution in [-0.4, -0.2) is 55.4 Å². The number of amides is 1. The van der Waals surface area contributed by atoms with Crippen molar-refractivity contribution < 1.29 is 4.79 Å². The Bertz CT molecular complexity index is 527. The second-order valence-corrected chi connectivity index (χ2v) is 5.65. The SMILES string of the molecule is C=CCCCN(C)C(=NC)NCC(=O)N(CC)Cc1ccccc1. The molecule has 0 bridgehead atoms. The number of benzene rings is 1. The first kappa shape index (κ1) is 19.7. The van der Waals surface area contributed by atoms with Crippen molar-refractivity contribution in [2.75, 3.05) is 33.7 Å². The van der Waals surface area contributed by atoms with Crippen LogP contribution in [0.3, 0.4) is 0 Å². The predicted octanol–water partition coefficient (Wildman–Crippen LogP) is 2.51. The summed E-state index contributed by atoms with van der Waals surface area (Å²) in [6, 6.07) is 10.0. The van der Waals surface area contributed by atoms with E-state index in [2.05, 4.69) is 16.9 Å². The van der Waals surface area contributed by atoms with Gasteiger partial charge < -0.3 is 15.1 Å². The highest BCUT2D eigenvalue weighted by molar-refractivity contribution is 5.86. The molecule has 1 rings (SSSR count). The molecule has 24 heavy (non-hydrogen) atoms. The van der Waals surface area contributed by atoms with Crippen LogP contribution >= 0.6 is 0 Å². The predicted molar refractivity (Wildman–Crippen MR) is 101 cm³/mol. The highest BCUT2D eigenvalue weighted by Crippen LogP contribution is 2.04. The third kappa shape index (κ3) is 6.86. The van der Waals surface area contributed by atoms with Gasteiger partial charge >= 0.3 is 0 Å². The van der Waals surface area contributed by atoms with Crippen molar-refractivity contribution in [2.45, 2.75) is 26.3 Å². The average Bonchev–Trinajstić information content (AvgIpc) is 2.61. The molecule has 0 saturated heterocycles. The van der Waals surface area contributed by atoms with Crippen LogP contribution in [0.2, 0.25) is 0 Å². The van der Waals surface area contributed by atoms with E-state index in [0.717, 1.165) is 30.9 Å². The lowest BCUT2D eigenvalue weighted by Crippen LogP contribution is -2.45. The van der Waals surface area contributed by atoms with Crippen molar-refractivity contribution >= 4 is 11.9 Å². The maximum atomic E-state index is 12.5. The van der Waals surface area contributed by atoms with E-state index in [9.17, 15) is 4.79 Å². The lowest BCUT2D eigenvalue weighted by Gasteiger charge is -2.24. The quantitative estimate of drug-likeness (QED) is 0.327. The van der Waals surface area contributed by atoms with Gasteiger partial charge in [-0.05, 0) is 25.3 Å². The van der Waals surface area contributed by atoms with Gasteiger partial charge in [0, 0.05) is 33.7 Å². The van der Waals surface area contributed by atoms with Gasteiger partial charge in [-0.15, -0.1) is 6.58 Å². The van der Waals surface area contributed by atoms with Crippen LogP contribution in [0.5, 0.6) is 0 Å². The van der Waals surface area contributed by atoms with E-state index in [0.29, 0.717) is 13.1 Å². The summed E-state index contributed by atoms with van der Waals surface area (Å²) in [5, 5.41) is 3.16. The number of carbonyl (C=O) groups is 1. The largest absolute Gasteiger partial charge is 0.347 e. The van der Waals surface area contributed by atoms with Gasteiger partial charge in [0.1, 0.15) is 0 Å². The number of allylic oxidation sites excluding steroid dienone is 1. The highest BCUT2D eigenvalue weighted by atomic mass is 16.2. The number of unbranched alkanes of at least 4 members (excludes halogenated alkanes) is 1. The van der Waals surface area contributed by atoms with Crippen molar-refractivity contribution in [3.05, 3.63) is 48.6 Å². The van der Waals surface area contributed by atoms with Crippen LogP contribution in [0.4, 0.5) is 0 Å². The molecule has 0 spiro atoms. The second-order valence-electron chi connectivity index (χ2n) is 5.65. The summed E-state index contributed by atoms with van der Waals surface area (Å²) in [6.07, 6.45) is 3.90. The molecule has 1 N–H and O–H groups in total. The van der Waals surface area contributed by atoms with E-state index >= 15 is 0 Å². The molecule has 0 atom stereocenters. The molecule has 0 heterocycles. The molecule has 1 amide bonds. The molecule has 5 heteroatoms. The zero-order chi connectivity index (χ0) is 17.8. The molecule has 0 fully saturated rings. The zero-order valence-corrected chi connectivity index (χ0v) is 15.2. The molecular formula is C19H30N4O. The fourth-order valence-electron chi connectivity index (χ4n) is 2.41. The monoisotopic (exact) mass is 330 g/mol. The smallest absolute Gasteiger partial charge is 0.242 e. The molecule has 0 aliphatic carbocycles. The van der Waals surface area contributed by atoms with E-state index < -0.39 is 0 Å². The molecule has 1 aromatic rings. The topological polar surface area (TPSA) is 47.9 Å². The normalized spacial score (nSPS) is 11.0. The average molecular weight is 330 g/mol. The van der Waals surface area contributed by atoms with Crippen LogP contribution in [0, 0.1) is 0 Å². The number of carbonyl (C=O) groups excluding carboxylic acids is 1. The Labute approximate surface area is 146 Å². The van der Waals surface area contributed by atoms with Crippen molar-refractivity contribution in [2.24, 2.45) is 4.99 Å². The minimum atomic E-state index is 0.0713. The summed E-state index contributed by atoms with van der Waals surface area (Å²) < 4.78 is 0. The number of hydrogen-bond donors (Lipinski definition) is 1. The number of guanidine groups is 1. The third-order valence-electron chi connectivity index (χ3n) is 3.82. The molecule has 0 aliphatic heterocycles. The Balaban J connectivity index is 2.50. The summed E-state index contributed by atoms with van der Waals surface area (Å²) in [6.45, 7) is 8.17. The fourth-order valence-corrected chi connectivity index (χ4v) is 2.41. The van der Waals surface area contributed by atoms with Gasteiger partial charge in [-0.2, -0.15) is 0 Å². The highest BCUT2D eigenvalue weighted by Gasteiger charge is 2.13. The summed E-state index contributed by atoms with van der Waals surface area (Å²) in [4.78, 5) is 20.6. The summed E-state index contributed by atoms with van der Waals surface area (Å²) in [5.41, 5.74) is 1.14. The van der Waals surface area contributed by atoms with E-state index in [4.69, 9.17) is 0 Å².